The number of hydrogen-bond acceptors (Lipinski definition) is 0. The van der Waals surface area contributed by atoms with Gasteiger partial charge in [0.25, 0.3) is 0 Å². The molecule has 1 heteroatoms. The molecule has 0 bridgehead atoms. The van der Waals surface area contributed by atoms with Gasteiger partial charge in [0, 0.05) is 11.6 Å². The molecule has 26 heavy (non-hydrogen) atoms. The summed E-state index contributed by atoms with van der Waals surface area (Å²) in [6.07, 6.45) is 9.38. The lowest BCUT2D eigenvalue weighted by molar-refractivity contribution is -0.696. The topological polar surface area (TPSA) is 3.88 Å². The van der Waals surface area contributed by atoms with Crippen LogP contribution in [0.2, 0.25) is 0 Å². The van der Waals surface area contributed by atoms with E-state index >= 15 is 0 Å². The molecule has 1 aromatic carbocycles. The fourth-order valence-corrected chi connectivity index (χ4v) is 4.75. The quantitative estimate of drug-likeness (QED) is 0.408. The van der Waals surface area contributed by atoms with Crippen LogP contribution in [-0.4, -0.2) is 0 Å². The van der Waals surface area contributed by atoms with Crippen molar-refractivity contribution in [1.82, 2.24) is 0 Å². The number of fused-ring (bicyclic) bond motifs is 3. The molecule has 1 aliphatic heterocycles. The minimum Gasteiger partial charge on any atom is -0.197 e. The molecule has 0 radical (unpaired) electrons. The number of aromatic nitrogens is 1. The molecule has 1 aliphatic rings. The number of rotatable bonds is 7. The Labute approximate surface area is 159 Å². The van der Waals surface area contributed by atoms with Crippen LogP contribution >= 0.6 is 0 Å². The summed E-state index contributed by atoms with van der Waals surface area (Å²) in [6.45, 7) is 14.7. The van der Waals surface area contributed by atoms with Crippen LogP contribution in [0, 0.1) is 6.92 Å². The maximum atomic E-state index is 4.55. The van der Waals surface area contributed by atoms with Gasteiger partial charge < -0.3 is 0 Å². The second-order valence-electron chi connectivity index (χ2n) is 7.88. The predicted molar refractivity (Wildman–Crippen MR) is 111 cm³/mol. The zero-order valence-corrected chi connectivity index (χ0v) is 17.1. The molecule has 1 aromatic heterocycles. The van der Waals surface area contributed by atoms with Crippen LogP contribution in [0.1, 0.15) is 69.6 Å². The van der Waals surface area contributed by atoms with Gasteiger partial charge in [0.15, 0.2) is 12.7 Å². The zero-order chi connectivity index (χ0) is 18.7. The van der Waals surface area contributed by atoms with E-state index in [0.29, 0.717) is 0 Å². The summed E-state index contributed by atoms with van der Waals surface area (Å²) in [5.74, 6) is 0. The fraction of sp³-hybridized carbons (Fsp3) is 0.480. The van der Waals surface area contributed by atoms with Crippen LogP contribution < -0.4 is 4.57 Å². The molecule has 0 spiro atoms. The lowest BCUT2D eigenvalue weighted by Crippen LogP contribution is -2.52. The molecule has 0 saturated carbocycles. The third kappa shape index (κ3) is 3.02. The van der Waals surface area contributed by atoms with E-state index in [1.165, 1.54) is 52.8 Å². The average molecular weight is 349 g/mol. The molecule has 0 N–H and O–H groups in total. The lowest BCUT2D eigenvalue weighted by atomic mass is 9.67. The Morgan fingerprint density at radius 1 is 1.12 bits per heavy atom. The van der Waals surface area contributed by atoms with Gasteiger partial charge in [-0.05, 0) is 49.8 Å². The summed E-state index contributed by atoms with van der Waals surface area (Å²) in [6, 6.07) is 11.4. The maximum Gasteiger partial charge on any atom is 0.216 e. The SMILES string of the molecule is C=C(CCC)C1(CC)C[n+]2ccc(CCCC)c(C)c2-c2ccccc21. The first-order valence-electron chi connectivity index (χ1n) is 10.4. The Morgan fingerprint density at radius 2 is 1.88 bits per heavy atom. The number of benzene rings is 1. The number of unbranched alkanes of at least 4 members (excludes halogenated alkanes) is 1. The van der Waals surface area contributed by atoms with E-state index in [0.717, 1.165) is 25.8 Å². The highest BCUT2D eigenvalue weighted by atomic mass is 15.0. The van der Waals surface area contributed by atoms with E-state index in [9.17, 15) is 0 Å². The molecule has 138 valence electrons. The van der Waals surface area contributed by atoms with Gasteiger partial charge in [0.05, 0.1) is 11.0 Å². The van der Waals surface area contributed by atoms with Crippen LogP contribution in [0.25, 0.3) is 11.3 Å². The average Bonchev–Trinajstić information content (AvgIpc) is 2.66. The minimum atomic E-state index is 0.0572. The summed E-state index contributed by atoms with van der Waals surface area (Å²) in [4.78, 5) is 0. The highest BCUT2D eigenvalue weighted by Crippen LogP contribution is 2.45. The molecular weight excluding hydrogens is 314 g/mol. The Hall–Kier alpha value is -1.89. The van der Waals surface area contributed by atoms with Crippen molar-refractivity contribution in [3.63, 3.8) is 0 Å². The molecule has 2 aromatic rings. The first kappa shape index (κ1) is 18.9. The van der Waals surface area contributed by atoms with Crippen molar-refractivity contribution < 1.29 is 4.57 Å². The molecule has 0 saturated heterocycles. The lowest BCUT2D eigenvalue weighted by Gasteiger charge is -2.38. The zero-order valence-electron chi connectivity index (χ0n) is 17.1. The number of nitrogens with zero attached hydrogens (tertiary/aromatic N) is 1. The molecular formula is C25H34N+. The second-order valence-corrected chi connectivity index (χ2v) is 7.88. The smallest absolute Gasteiger partial charge is 0.197 e. The largest absolute Gasteiger partial charge is 0.216 e. The third-order valence-corrected chi connectivity index (χ3v) is 6.35. The van der Waals surface area contributed by atoms with Gasteiger partial charge in [-0.1, -0.05) is 64.0 Å². The van der Waals surface area contributed by atoms with Crippen molar-refractivity contribution in [3.05, 3.63) is 65.4 Å². The highest BCUT2D eigenvalue weighted by Gasteiger charge is 2.44. The summed E-state index contributed by atoms with van der Waals surface area (Å²) in [5.41, 5.74) is 8.72. The highest BCUT2D eigenvalue weighted by molar-refractivity contribution is 5.69. The van der Waals surface area contributed by atoms with Crippen molar-refractivity contribution >= 4 is 0 Å². The molecule has 1 nitrogen and oxygen atoms in total. The molecule has 1 atom stereocenters. The van der Waals surface area contributed by atoms with Gasteiger partial charge in [-0.25, -0.2) is 0 Å². The minimum absolute atomic E-state index is 0.0572. The predicted octanol–water partition coefficient (Wildman–Crippen LogP) is 6.31. The van der Waals surface area contributed by atoms with Gasteiger partial charge in [-0.2, -0.15) is 4.57 Å². The molecule has 0 amide bonds. The van der Waals surface area contributed by atoms with E-state index in [-0.39, 0.29) is 5.41 Å². The van der Waals surface area contributed by atoms with E-state index in [2.05, 4.69) is 75.4 Å². The van der Waals surface area contributed by atoms with Gasteiger partial charge >= 0.3 is 0 Å². The molecule has 1 unspecified atom stereocenters. The summed E-state index contributed by atoms with van der Waals surface area (Å²) >= 11 is 0. The Morgan fingerprint density at radius 3 is 2.58 bits per heavy atom. The monoisotopic (exact) mass is 348 g/mol. The molecule has 2 heterocycles. The van der Waals surface area contributed by atoms with Crippen LogP contribution in [0.4, 0.5) is 0 Å². The van der Waals surface area contributed by atoms with E-state index in [1.54, 1.807) is 0 Å². The van der Waals surface area contributed by atoms with Crippen LogP contribution in [0.15, 0.2) is 48.7 Å². The van der Waals surface area contributed by atoms with E-state index in [1.807, 2.05) is 0 Å². The molecule has 3 rings (SSSR count). The van der Waals surface area contributed by atoms with Gasteiger partial charge in [0.1, 0.15) is 0 Å². The van der Waals surface area contributed by atoms with Crippen molar-refractivity contribution in [2.24, 2.45) is 0 Å². The Balaban J connectivity index is 2.19. The van der Waals surface area contributed by atoms with Crippen LogP contribution in [-0.2, 0) is 18.4 Å². The number of allylic oxidation sites excluding steroid dienone is 1. The van der Waals surface area contributed by atoms with Crippen LogP contribution in [0.3, 0.4) is 0 Å². The van der Waals surface area contributed by atoms with Gasteiger partial charge in [0.2, 0.25) is 5.69 Å². The fourth-order valence-electron chi connectivity index (χ4n) is 4.75. The number of aryl methyl sites for hydroxylation is 1. The van der Waals surface area contributed by atoms with Crippen molar-refractivity contribution in [1.29, 1.82) is 0 Å². The van der Waals surface area contributed by atoms with Crippen LogP contribution in [0.5, 0.6) is 0 Å². The Bertz CT molecular complexity index is 802. The number of pyridine rings is 1. The van der Waals surface area contributed by atoms with Crippen molar-refractivity contribution in [3.8, 4) is 11.3 Å². The third-order valence-electron chi connectivity index (χ3n) is 6.35. The summed E-state index contributed by atoms with van der Waals surface area (Å²) in [7, 11) is 0. The molecule has 0 fully saturated rings. The second kappa shape index (κ2) is 7.78. The summed E-state index contributed by atoms with van der Waals surface area (Å²) in [5, 5.41) is 0. The normalized spacial score (nSPS) is 18.3. The standard InChI is InChI=1S/C25H34N/c1-6-9-13-21-16-17-26-18-25(8-3,19(4)12-7-2)23-15-11-10-14-22(23)24(26)20(21)5/h10-11,14-17H,4,6-9,12-13,18H2,1-3,5H3/q+1. The van der Waals surface area contributed by atoms with Gasteiger partial charge in [-0.15, -0.1) is 0 Å². The van der Waals surface area contributed by atoms with E-state index in [4.69, 9.17) is 0 Å². The first-order valence-corrected chi connectivity index (χ1v) is 10.4. The van der Waals surface area contributed by atoms with Crippen molar-refractivity contribution in [2.75, 3.05) is 0 Å². The Kier molecular flexibility index (Phi) is 5.65. The van der Waals surface area contributed by atoms with Crippen molar-refractivity contribution in [2.45, 2.75) is 78.2 Å². The number of hydrogen-bond donors (Lipinski definition) is 0. The molecule has 0 aliphatic carbocycles. The van der Waals surface area contributed by atoms with Gasteiger partial charge in [-0.3, -0.25) is 0 Å². The summed E-state index contributed by atoms with van der Waals surface area (Å²) < 4.78 is 2.50. The first-order chi connectivity index (χ1) is 12.6. The maximum absolute atomic E-state index is 4.55. The van der Waals surface area contributed by atoms with E-state index < -0.39 is 0 Å².